The van der Waals surface area contributed by atoms with Gasteiger partial charge in [-0.15, -0.1) is 0 Å². The molecule has 0 fully saturated rings. The van der Waals surface area contributed by atoms with Crippen LogP contribution in [0, 0.1) is 0 Å². The fourth-order valence-corrected chi connectivity index (χ4v) is 4.03. The quantitative estimate of drug-likeness (QED) is 0.413. The highest BCUT2D eigenvalue weighted by Gasteiger charge is 2.11. The third kappa shape index (κ3) is 2.56. The predicted molar refractivity (Wildman–Crippen MR) is 112 cm³/mol. The Kier molecular flexibility index (Phi) is 3.68. The zero-order valence-corrected chi connectivity index (χ0v) is 15.6. The Morgan fingerprint density at radius 2 is 1.65 bits per heavy atom. The van der Waals surface area contributed by atoms with Crippen LogP contribution in [-0.4, -0.2) is 6.54 Å². The molecule has 3 aromatic carbocycles. The molecule has 0 radical (unpaired) electrons. The van der Waals surface area contributed by atoms with Gasteiger partial charge in [-0.25, -0.2) is 0 Å². The summed E-state index contributed by atoms with van der Waals surface area (Å²) in [7, 11) is 0. The van der Waals surface area contributed by atoms with Gasteiger partial charge in [0.2, 0.25) is 0 Å². The number of benzene rings is 3. The van der Waals surface area contributed by atoms with Crippen LogP contribution in [0.2, 0.25) is 0 Å². The summed E-state index contributed by atoms with van der Waals surface area (Å²) >= 11 is 3.65. The molecule has 0 spiro atoms. The van der Waals surface area contributed by atoms with Gasteiger partial charge in [0.25, 0.3) is 0 Å². The molecule has 1 N–H and O–H groups in total. The van der Waals surface area contributed by atoms with Gasteiger partial charge in [-0.1, -0.05) is 64.5 Å². The van der Waals surface area contributed by atoms with E-state index in [1.54, 1.807) is 0 Å². The topological polar surface area (TPSA) is 25.2 Å². The van der Waals surface area contributed by atoms with Crippen molar-refractivity contribution in [2.45, 2.75) is 0 Å². The maximum Gasteiger partial charge on any atom is 0.136 e. The minimum absolute atomic E-state index is 0.882. The van der Waals surface area contributed by atoms with Crippen molar-refractivity contribution in [2.24, 2.45) is 0 Å². The highest BCUT2D eigenvalue weighted by molar-refractivity contribution is 9.10. The van der Waals surface area contributed by atoms with Crippen LogP contribution >= 0.6 is 15.9 Å². The molecule has 1 aliphatic rings. The molecule has 0 aliphatic carbocycles. The molecule has 0 bridgehead atoms. The van der Waals surface area contributed by atoms with Gasteiger partial charge in [-0.3, -0.25) is 0 Å². The fourth-order valence-electron chi connectivity index (χ4n) is 3.46. The first-order valence-corrected chi connectivity index (χ1v) is 9.41. The maximum atomic E-state index is 5.97. The first-order valence-electron chi connectivity index (χ1n) is 8.62. The van der Waals surface area contributed by atoms with Crippen LogP contribution in [0.25, 0.3) is 38.8 Å². The monoisotopic (exact) mass is 401 g/mol. The number of rotatable bonds is 2. The van der Waals surface area contributed by atoms with E-state index in [9.17, 15) is 0 Å². The lowest BCUT2D eigenvalue weighted by molar-refractivity contribution is 0.669. The Morgan fingerprint density at radius 1 is 0.846 bits per heavy atom. The van der Waals surface area contributed by atoms with Gasteiger partial charge in [0, 0.05) is 27.5 Å². The fraction of sp³-hybridized carbons (Fsp3) is 0.0435. The summed E-state index contributed by atoms with van der Waals surface area (Å²) in [6.45, 7) is 0.882. The molecule has 2 heterocycles. The molecule has 0 saturated carbocycles. The molecule has 5 rings (SSSR count). The van der Waals surface area contributed by atoms with Crippen LogP contribution in [0.4, 0.5) is 0 Å². The summed E-state index contributed by atoms with van der Waals surface area (Å²) in [5.74, 6) is 0. The van der Waals surface area contributed by atoms with E-state index >= 15 is 0 Å². The van der Waals surface area contributed by atoms with Crippen molar-refractivity contribution in [3.8, 4) is 11.1 Å². The number of dihydropyridines is 1. The SMILES string of the molecule is Brc1cccc2oc3ccc(-c4ccc(C5=CC=CCN5)cc4)cc3c12. The number of allylic oxidation sites excluding steroid dienone is 2. The smallest absolute Gasteiger partial charge is 0.136 e. The molecular formula is C23H16BrNO. The summed E-state index contributed by atoms with van der Waals surface area (Å²) in [6, 6.07) is 21.1. The molecule has 126 valence electrons. The van der Waals surface area contributed by atoms with Gasteiger partial charge >= 0.3 is 0 Å². The Balaban J connectivity index is 1.59. The minimum Gasteiger partial charge on any atom is -0.456 e. The molecular weight excluding hydrogens is 386 g/mol. The van der Waals surface area contributed by atoms with Gasteiger partial charge in [-0.2, -0.15) is 0 Å². The van der Waals surface area contributed by atoms with Crippen LogP contribution in [0.15, 0.2) is 87.8 Å². The first kappa shape index (κ1) is 15.5. The second-order valence-corrected chi connectivity index (χ2v) is 7.25. The van der Waals surface area contributed by atoms with Gasteiger partial charge in [-0.05, 0) is 47.0 Å². The van der Waals surface area contributed by atoms with Crippen molar-refractivity contribution >= 4 is 43.6 Å². The van der Waals surface area contributed by atoms with E-state index in [1.165, 1.54) is 22.4 Å². The van der Waals surface area contributed by atoms with Gasteiger partial charge < -0.3 is 9.73 Å². The third-order valence-electron chi connectivity index (χ3n) is 4.78. The second kappa shape index (κ2) is 6.19. The lowest BCUT2D eigenvalue weighted by Crippen LogP contribution is -2.14. The molecule has 0 unspecified atom stereocenters. The summed E-state index contributed by atoms with van der Waals surface area (Å²) in [5, 5.41) is 5.66. The zero-order valence-electron chi connectivity index (χ0n) is 14.0. The lowest BCUT2D eigenvalue weighted by Gasteiger charge is -2.12. The first-order chi connectivity index (χ1) is 12.8. The predicted octanol–water partition coefficient (Wildman–Crippen LogP) is 6.52. The second-order valence-electron chi connectivity index (χ2n) is 6.39. The van der Waals surface area contributed by atoms with Crippen molar-refractivity contribution in [1.29, 1.82) is 0 Å². The zero-order chi connectivity index (χ0) is 17.5. The van der Waals surface area contributed by atoms with E-state index in [0.29, 0.717) is 0 Å². The normalized spacial score (nSPS) is 13.8. The largest absolute Gasteiger partial charge is 0.456 e. The summed E-state index contributed by atoms with van der Waals surface area (Å²) in [5.41, 5.74) is 6.58. The van der Waals surface area contributed by atoms with E-state index in [4.69, 9.17) is 4.42 Å². The highest BCUT2D eigenvalue weighted by Crippen LogP contribution is 2.36. The molecule has 0 atom stereocenters. The van der Waals surface area contributed by atoms with Gasteiger partial charge in [0.1, 0.15) is 11.2 Å². The van der Waals surface area contributed by atoms with E-state index in [0.717, 1.165) is 33.0 Å². The van der Waals surface area contributed by atoms with Crippen LogP contribution in [0.1, 0.15) is 5.56 Å². The minimum atomic E-state index is 0.882. The number of hydrogen-bond donors (Lipinski definition) is 1. The number of hydrogen-bond acceptors (Lipinski definition) is 2. The van der Waals surface area contributed by atoms with Crippen LogP contribution in [-0.2, 0) is 0 Å². The molecule has 0 amide bonds. The average molecular weight is 402 g/mol. The van der Waals surface area contributed by atoms with Crippen LogP contribution in [0.5, 0.6) is 0 Å². The molecule has 26 heavy (non-hydrogen) atoms. The van der Waals surface area contributed by atoms with Crippen molar-refractivity contribution in [3.63, 3.8) is 0 Å². The summed E-state index contributed by atoms with van der Waals surface area (Å²) in [6.07, 6.45) is 6.32. The van der Waals surface area contributed by atoms with Crippen molar-refractivity contribution < 1.29 is 4.42 Å². The Labute approximate surface area is 160 Å². The molecule has 0 saturated heterocycles. The highest BCUT2D eigenvalue weighted by atomic mass is 79.9. The maximum absolute atomic E-state index is 5.97. The molecule has 1 aliphatic heterocycles. The Morgan fingerprint density at radius 3 is 2.46 bits per heavy atom. The number of furan rings is 1. The van der Waals surface area contributed by atoms with Gasteiger partial charge in [0.05, 0.1) is 0 Å². The number of fused-ring (bicyclic) bond motifs is 3. The van der Waals surface area contributed by atoms with E-state index in [2.05, 4.69) is 88.0 Å². The lowest BCUT2D eigenvalue weighted by atomic mass is 10.0. The number of halogens is 1. The average Bonchev–Trinajstić information content (AvgIpc) is 3.08. The summed E-state index contributed by atoms with van der Waals surface area (Å²) in [4.78, 5) is 0. The van der Waals surface area contributed by atoms with Crippen molar-refractivity contribution in [2.75, 3.05) is 6.54 Å². The van der Waals surface area contributed by atoms with E-state index in [-0.39, 0.29) is 0 Å². The Hall–Kier alpha value is -2.78. The molecule has 3 heteroatoms. The van der Waals surface area contributed by atoms with E-state index < -0.39 is 0 Å². The van der Waals surface area contributed by atoms with Crippen LogP contribution in [0.3, 0.4) is 0 Å². The van der Waals surface area contributed by atoms with Crippen LogP contribution < -0.4 is 5.32 Å². The molecule has 4 aromatic rings. The standard InChI is InChI=1S/C23H16BrNO/c24-19-4-3-6-22-23(19)18-14-17(11-12-21(18)26-22)15-7-9-16(10-8-15)20-5-1-2-13-25-20/h1-12,14,25H,13H2. The Bertz CT molecular complexity index is 1180. The molecule has 2 nitrogen and oxygen atoms in total. The number of nitrogens with one attached hydrogen (secondary N) is 1. The third-order valence-corrected chi connectivity index (χ3v) is 5.44. The van der Waals surface area contributed by atoms with Crippen molar-refractivity contribution in [3.05, 3.63) is 88.9 Å². The van der Waals surface area contributed by atoms with Gasteiger partial charge in [0.15, 0.2) is 0 Å². The van der Waals surface area contributed by atoms with E-state index in [1.807, 2.05) is 12.1 Å². The van der Waals surface area contributed by atoms with Crippen molar-refractivity contribution in [1.82, 2.24) is 5.32 Å². The molecule has 1 aromatic heterocycles. The summed E-state index contributed by atoms with van der Waals surface area (Å²) < 4.78 is 7.03.